The molecule has 0 rings (SSSR count). The van der Waals surface area contributed by atoms with Crippen LogP contribution in [0.3, 0.4) is 0 Å². The summed E-state index contributed by atoms with van der Waals surface area (Å²) in [7, 11) is 0. The molecule has 0 heterocycles. The zero-order valence-corrected chi connectivity index (χ0v) is 46.0. The molecule has 0 aromatic rings. The summed E-state index contributed by atoms with van der Waals surface area (Å²) in [6.07, 6.45) is 66.7. The molecular weight excluding hydrogens is 839 g/mol. The molecule has 0 spiro atoms. The molecule has 0 aliphatic carbocycles. The summed E-state index contributed by atoms with van der Waals surface area (Å²) in [5.74, 6) is -0.459. The van der Waals surface area contributed by atoms with Gasteiger partial charge in [0, 0.05) is 6.42 Å². The molecule has 0 aliphatic heterocycles. The molecule has 0 saturated heterocycles. The molecule has 6 heteroatoms. The first kappa shape index (κ1) is 66.3. The van der Waals surface area contributed by atoms with Crippen LogP contribution in [0.15, 0.2) is 24.3 Å². The highest BCUT2D eigenvalue weighted by Crippen LogP contribution is 2.19. The minimum Gasteiger partial charge on any atom is -0.462 e. The van der Waals surface area contributed by atoms with Gasteiger partial charge in [0.15, 0.2) is 0 Å². The van der Waals surface area contributed by atoms with Crippen LogP contribution in [-0.4, -0.2) is 46.9 Å². The maximum atomic E-state index is 13.3. The monoisotopic (exact) mass is 958 g/mol. The number of ether oxygens (including phenoxy) is 1. The van der Waals surface area contributed by atoms with Crippen LogP contribution in [0.1, 0.15) is 335 Å². The van der Waals surface area contributed by atoms with Crippen LogP contribution in [0.4, 0.5) is 0 Å². The van der Waals surface area contributed by atoms with E-state index in [4.69, 9.17) is 4.74 Å². The standard InChI is InChI=1S/C62H119NO5/c1-4-7-10-13-16-19-22-25-28-30-33-35-38-41-44-47-50-53-58(68-62(67)55-52-49-46-43-40-37-32-27-24-21-18-15-12-9-6-3)56-61(66)63-59(57-64)60(65)54-51-48-45-42-39-36-34-31-29-26-23-20-17-14-11-8-5-2/h16,19,25,28,58-60,64-65H,4-15,17-18,20-24,26-27,29-57H2,1-3H3,(H,63,66)/b19-16-,28-25-. The van der Waals surface area contributed by atoms with Gasteiger partial charge in [0.1, 0.15) is 6.10 Å². The Kier molecular flexibility index (Phi) is 54.9. The number of carbonyl (C=O) groups is 2. The normalized spacial score (nSPS) is 13.2. The average Bonchev–Trinajstić information content (AvgIpc) is 3.33. The second-order valence-electron chi connectivity index (χ2n) is 21.1. The van der Waals surface area contributed by atoms with Crippen LogP contribution in [0.25, 0.3) is 0 Å². The second kappa shape index (κ2) is 56.3. The van der Waals surface area contributed by atoms with Gasteiger partial charge >= 0.3 is 5.97 Å². The number of allylic oxidation sites excluding steroid dienone is 4. The molecule has 1 amide bonds. The van der Waals surface area contributed by atoms with E-state index in [1.165, 1.54) is 225 Å². The summed E-state index contributed by atoms with van der Waals surface area (Å²) in [6, 6.07) is -0.701. The lowest BCUT2D eigenvalue weighted by Crippen LogP contribution is -2.46. The lowest BCUT2D eigenvalue weighted by Gasteiger charge is -2.24. The molecule has 68 heavy (non-hydrogen) atoms. The molecule has 0 aliphatic rings. The smallest absolute Gasteiger partial charge is 0.306 e. The van der Waals surface area contributed by atoms with Gasteiger partial charge in [-0.1, -0.05) is 289 Å². The predicted octanol–water partition coefficient (Wildman–Crippen LogP) is 19.0. The number of aliphatic hydroxyl groups is 2. The maximum Gasteiger partial charge on any atom is 0.306 e. The van der Waals surface area contributed by atoms with E-state index in [0.717, 1.165) is 64.2 Å². The molecule has 3 atom stereocenters. The van der Waals surface area contributed by atoms with Crippen LogP contribution >= 0.6 is 0 Å². The number of unbranched alkanes of at least 4 members (excludes halogenated alkanes) is 40. The zero-order chi connectivity index (χ0) is 49.5. The van der Waals surface area contributed by atoms with Crippen LogP contribution in [-0.2, 0) is 14.3 Å². The Balaban J connectivity index is 4.51. The first-order chi connectivity index (χ1) is 33.5. The second-order valence-corrected chi connectivity index (χ2v) is 21.1. The molecule has 0 fully saturated rings. The van der Waals surface area contributed by atoms with Crippen molar-refractivity contribution in [2.45, 2.75) is 354 Å². The summed E-state index contributed by atoms with van der Waals surface area (Å²) in [5.41, 5.74) is 0. The summed E-state index contributed by atoms with van der Waals surface area (Å²) in [5, 5.41) is 24.0. The van der Waals surface area contributed by atoms with Gasteiger partial charge in [-0.2, -0.15) is 0 Å². The van der Waals surface area contributed by atoms with Crippen molar-refractivity contribution >= 4 is 11.9 Å². The third kappa shape index (κ3) is 50.7. The number of rotatable bonds is 56. The summed E-state index contributed by atoms with van der Waals surface area (Å²) in [6.45, 7) is 6.51. The number of amides is 1. The minimum atomic E-state index is -0.787. The third-order valence-electron chi connectivity index (χ3n) is 14.3. The Morgan fingerprint density at radius 3 is 1.15 bits per heavy atom. The first-order valence-electron chi connectivity index (χ1n) is 30.6. The fraction of sp³-hybridized carbons (Fsp3) is 0.903. The van der Waals surface area contributed by atoms with Crippen molar-refractivity contribution in [3.05, 3.63) is 24.3 Å². The Hall–Kier alpha value is -1.66. The first-order valence-corrected chi connectivity index (χ1v) is 30.6. The van der Waals surface area contributed by atoms with Gasteiger partial charge in [-0.3, -0.25) is 9.59 Å². The molecular formula is C62H119NO5. The van der Waals surface area contributed by atoms with E-state index in [2.05, 4.69) is 50.4 Å². The quantitative estimate of drug-likeness (QED) is 0.0321. The molecule has 402 valence electrons. The maximum absolute atomic E-state index is 13.3. The van der Waals surface area contributed by atoms with E-state index in [0.29, 0.717) is 19.3 Å². The molecule has 0 radical (unpaired) electrons. The molecule has 0 bridgehead atoms. The van der Waals surface area contributed by atoms with Crippen LogP contribution < -0.4 is 5.32 Å². The molecule has 3 N–H and O–H groups in total. The number of nitrogens with one attached hydrogen (secondary N) is 1. The zero-order valence-electron chi connectivity index (χ0n) is 46.0. The van der Waals surface area contributed by atoms with Gasteiger partial charge in [0.2, 0.25) is 5.91 Å². The van der Waals surface area contributed by atoms with E-state index in [9.17, 15) is 19.8 Å². The van der Waals surface area contributed by atoms with Crippen molar-refractivity contribution in [1.82, 2.24) is 5.32 Å². The number of hydrogen-bond acceptors (Lipinski definition) is 5. The fourth-order valence-electron chi connectivity index (χ4n) is 9.64. The van der Waals surface area contributed by atoms with Crippen LogP contribution in [0.2, 0.25) is 0 Å². The van der Waals surface area contributed by atoms with E-state index < -0.39 is 18.2 Å². The molecule has 0 aromatic heterocycles. The number of esters is 1. The Bertz CT molecular complexity index is 1080. The molecule has 6 nitrogen and oxygen atoms in total. The number of hydrogen-bond donors (Lipinski definition) is 3. The van der Waals surface area contributed by atoms with E-state index >= 15 is 0 Å². The molecule has 3 unspecified atom stereocenters. The lowest BCUT2D eigenvalue weighted by atomic mass is 10.0. The summed E-state index contributed by atoms with van der Waals surface area (Å²) < 4.78 is 5.98. The van der Waals surface area contributed by atoms with Gasteiger partial charge in [-0.15, -0.1) is 0 Å². The Labute approximate surface area is 424 Å². The van der Waals surface area contributed by atoms with Crippen molar-refractivity contribution in [3.63, 3.8) is 0 Å². The van der Waals surface area contributed by atoms with E-state index in [-0.39, 0.29) is 24.9 Å². The van der Waals surface area contributed by atoms with E-state index in [1.807, 2.05) is 0 Å². The summed E-state index contributed by atoms with van der Waals surface area (Å²) >= 11 is 0. The highest BCUT2D eigenvalue weighted by molar-refractivity contribution is 5.77. The van der Waals surface area contributed by atoms with Gasteiger partial charge in [-0.25, -0.2) is 0 Å². The molecule has 0 aromatic carbocycles. The number of aliphatic hydroxyl groups excluding tert-OH is 2. The van der Waals surface area contributed by atoms with Crippen molar-refractivity contribution in [3.8, 4) is 0 Å². The third-order valence-corrected chi connectivity index (χ3v) is 14.3. The average molecular weight is 959 g/mol. The van der Waals surface area contributed by atoms with Gasteiger partial charge in [0.05, 0.1) is 25.2 Å². The predicted molar refractivity (Wildman–Crippen MR) is 296 cm³/mol. The topological polar surface area (TPSA) is 95.9 Å². The van der Waals surface area contributed by atoms with Crippen LogP contribution in [0.5, 0.6) is 0 Å². The molecule has 0 saturated carbocycles. The Morgan fingerprint density at radius 2 is 0.750 bits per heavy atom. The summed E-state index contributed by atoms with van der Waals surface area (Å²) in [4.78, 5) is 26.3. The van der Waals surface area contributed by atoms with E-state index in [1.54, 1.807) is 0 Å². The SMILES string of the molecule is CCCCC/C=C\C/C=C\CCCCCCCCCC(CC(=O)NC(CO)C(O)CCCCCCCCCCCCCCCCCCC)OC(=O)CCCCCCCCCCCCCCCCC. The van der Waals surface area contributed by atoms with Gasteiger partial charge in [-0.05, 0) is 57.8 Å². The fourth-order valence-corrected chi connectivity index (χ4v) is 9.64. The minimum absolute atomic E-state index is 0.0785. The highest BCUT2D eigenvalue weighted by atomic mass is 16.5. The van der Waals surface area contributed by atoms with Crippen molar-refractivity contribution in [2.24, 2.45) is 0 Å². The Morgan fingerprint density at radius 1 is 0.426 bits per heavy atom. The largest absolute Gasteiger partial charge is 0.462 e. The number of carbonyl (C=O) groups excluding carboxylic acids is 2. The lowest BCUT2D eigenvalue weighted by molar-refractivity contribution is -0.151. The van der Waals surface area contributed by atoms with Crippen molar-refractivity contribution in [1.29, 1.82) is 0 Å². The van der Waals surface area contributed by atoms with Gasteiger partial charge in [0.25, 0.3) is 0 Å². The van der Waals surface area contributed by atoms with Crippen molar-refractivity contribution in [2.75, 3.05) is 6.61 Å². The van der Waals surface area contributed by atoms with Crippen LogP contribution in [0, 0.1) is 0 Å². The highest BCUT2D eigenvalue weighted by Gasteiger charge is 2.24. The van der Waals surface area contributed by atoms with Crippen molar-refractivity contribution < 1.29 is 24.5 Å². The van der Waals surface area contributed by atoms with Gasteiger partial charge < -0.3 is 20.3 Å².